The van der Waals surface area contributed by atoms with Crippen LogP contribution in [0.1, 0.15) is 0 Å². The Bertz CT molecular complexity index is 2090. The lowest BCUT2D eigenvalue weighted by Crippen LogP contribution is -1.99. The van der Waals surface area contributed by atoms with E-state index < -0.39 is 0 Å². The molecule has 4 aromatic carbocycles. The summed E-state index contributed by atoms with van der Waals surface area (Å²) in [6.07, 6.45) is 5.46. The van der Waals surface area contributed by atoms with E-state index >= 15 is 0 Å². The van der Waals surface area contributed by atoms with Gasteiger partial charge in [0, 0.05) is 46.2 Å². The van der Waals surface area contributed by atoms with E-state index in [1.165, 1.54) is 21.8 Å². The number of pyridine rings is 1. The van der Waals surface area contributed by atoms with E-state index in [2.05, 4.69) is 82.3 Å². The number of nitrogens with zero attached hydrogens (tertiary/aromatic N) is 6. The summed E-state index contributed by atoms with van der Waals surface area (Å²) in [7, 11) is 0. The van der Waals surface area contributed by atoms with Crippen LogP contribution in [0.15, 0.2) is 146 Å². The zero-order chi connectivity index (χ0) is 28.6. The highest BCUT2D eigenvalue weighted by molar-refractivity contribution is 6.09. The minimum absolute atomic E-state index is 0.530. The Morgan fingerprint density at radius 3 is 1.72 bits per heavy atom. The number of aromatic nitrogens is 6. The van der Waals surface area contributed by atoms with Gasteiger partial charge in [0.05, 0.1) is 22.4 Å². The molecule has 4 heterocycles. The number of para-hydroxylation sites is 2. The quantitative estimate of drug-likeness (QED) is 0.214. The average molecular weight is 553 g/mol. The summed E-state index contributed by atoms with van der Waals surface area (Å²) < 4.78 is 2.31. The van der Waals surface area contributed by atoms with Crippen molar-refractivity contribution in [3.8, 4) is 51.1 Å². The second kappa shape index (κ2) is 10.4. The van der Waals surface area contributed by atoms with Gasteiger partial charge >= 0.3 is 0 Å². The molecule has 0 fully saturated rings. The van der Waals surface area contributed by atoms with Crippen LogP contribution in [0, 0.1) is 0 Å². The van der Waals surface area contributed by atoms with Crippen molar-refractivity contribution in [2.75, 3.05) is 0 Å². The summed E-state index contributed by atoms with van der Waals surface area (Å²) in [5.41, 5.74) is 8.50. The van der Waals surface area contributed by atoms with E-state index in [1.807, 2.05) is 67.0 Å². The van der Waals surface area contributed by atoms with E-state index in [0.29, 0.717) is 17.3 Å². The molecular weight excluding hydrogens is 528 g/mol. The Morgan fingerprint density at radius 1 is 0.419 bits per heavy atom. The Balaban J connectivity index is 1.15. The fourth-order valence-electron chi connectivity index (χ4n) is 5.54. The van der Waals surface area contributed by atoms with Gasteiger partial charge in [0.25, 0.3) is 0 Å². The molecule has 6 heteroatoms. The summed E-state index contributed by atoms with van der Waals surface area (Å²) in [5, 5.41) is 2.50. The zero-order valence-electron chi connectivity index (χ0n) is 23.0. The maximum atomic E-state index is 4.82. The SMILES string of the molecule is c1ccc(-c2nc(-c3ccccn3)cc(-c3ncc(-c4ccc(-n5c6ccccc6c6ccccc65)cc4)cn3)n2)cc1. The lowest BCUT2D eigenvalue weighted by atomic mass is 10.1. The standard InChI is InChI=1S/C37H24N6/c1-2-10-26(11-3-1)36-41-32(31-14-8-9-21-38-31)22-33(42-36)37-39-23-27(24-40-37)25-17-19-28(20-18-25)43-34-15-6-4-12-29(34)30-13-5-7-16-35(30)43/h1-24H. The van der Waals surface area contributed by atoms with Crippen LogP contribution in [0.5, 0.6) is 0 Å². The number of hydrogen-bond donors (Lipinski definition) is 0. The molecular formula is C37H24N6. The molecule has 0 radical (unpaired) electrons. The highest BCUT2D eigenvalue weighted by Crippen LogP contribution is 2.32. The average Bonchev–Trinajstić information content (AvgIpc) is 3.43. The van der Waals surface area contributed by atoms with Crippen LogP contribution in [0.3, 0.4) is 0 Å². The lowest BCUT2D eigenvalue weighted by molar-refractivity contribution is 1.10. The van der Waals surface area contributed by atoms with Crippen LogP contribution >= 0.6 is 0 Å². The van der Waals surface area contributed by atoms with E-state index in [1.54, 1.807) is 6.20 Å². The largest absolute Gasteiger partial charge is 0.309 e. The fourth-order valence-corrected chi connectivity index (χ4v) is 5.54. The molecule has 0 saturated heterocycles. The first-order chi connectivity index (χ1) is 21.3. The van der Waals surface area contributed by atoms with Crippen molar-refractivity contribution in [2.24, 2.45) is 0 Å². The molecule has 8 rings (SSSR count). The Morgan fingerprint density at radius 2 is 1.05 bits per heavy atom. The molecule has 0 aliphatic heterocycles. The molecule has 0 bridgehead atoms. The summed E-state index contributed by atoms with van der Waals surface area (Å²) in [6, 6.07) is 43.2. The number of rotatable bonds is 5. The van der Waals surface area contributed by atoms with Crippen molar-refractivity contribution in [1.82, 2.24) is 29.5 Å². The van der Waals surface area contributed by atoms with Gasteiger partial charge in [-0.2, -0.15) is 0 Å². The monoisotopic (exact) mass is 552 g/mol. The molecule has 0 spiro atoms. The minimum Gasteiger partial charge on any atom is -0.309 e. The second-order valence-corrected chi connectivity index (χ2v) is 10.3. The highest BCUT2D eigenvalue weighted by atomic mass is 15.0. The molecule has 202 valence electrons. The van der Waals surface area contributed by atoms with Gasteiger partial charge in [0.1, 0.15) is 5.69 Å². The van der Waals surface area contributed by atoms with Crippen LogP contribution in [0.25, 0.3) is 72.9 Å². The smallest absolute Gasteiger partial charge is 0.178 e. The fraction of sp³-hybridized carbons (Fsp3) is 0. The van der Waals surface area contributed by atoms with E-state index in [-0.39, 0.29) is 0 Å². The zero-order valence-corrected chi connectivity index (χ0v) is 23.0. The van der Waals surface area contributed by atoms with Gasteiger partial charge in [-0.15, -0.1) is 0 Å². The van der Waals surface area contributed by atoms with Gasteiger partial charge in [0.15, 0.2) is 11.6 Å². The van der Waals surface area contributed by atoms with Gasteiger partial charge in [-0.25, -0.2) is 19.9 Å². The summed E-state index contributed by atoms with van der Waals surface area (Å²) in [4.78, 5) is 23.6. The molecule has 43 heavy (non-hydrogen) atoms. The summed E-state index contributed by atoms with van der Waals surface area (Å²) in [6.45, 7) is 0. The van der Waals surface area contributed by atoms with Crippen LogP contribution in [0.2, 0.25) is 0 Å². The predicted octanol–water partition coefficient (Wildman–Crippen LogP) is 8.43. The van der Waals surface area contributed by atoms with Crippen LogP contribution in [-0.4, -0.2) is 29.5 Å². The first kappa shape index (κ1) is 24.8. The summed E-state index contributed by atoms with van der Waals surface area (Å²) >= 11 is 0. The first-order valence-corrected chi connectivity index (χ1v) is 14.1. The van der Waals surface area contributed by atoms with Crippen molar-refractivity contribution in [1.29, 1.82) is 0 Å². The molecule has 4 aromatic heterocycles. The Kier molecular flexibility index (Phi) is 6.01. The van der Waals surface area contributed by atoms with Crippen molar-refractivity contribution in [3.63, 3.8) is 0 Å². The van der Waals surface area contributed by atoms with Gasteiger partial charge in [-0.05, 0) is 48.0 Å². The Hall–Kier alpha value is -6.01. The second-order valence-electron chi connectivity index (χ2n) is 10.3. The molecule has 0 saturated carbocycles. The van der Waals surface area contributed by atoms with E-state index in [9.17, 15) is 0 Å². The molecule has 0 aliphatic rings. The van der Waals surface area contributed by atoms with E-state index in [4.69, 9.17) is 19.9 Å². The molecule has 0 aliphatic carbocycles. The molecule has 0 amide bonds. The molecule has 0 atom stereocenters. The highest BCUT2D eigenvalue weighted by Gasteiger charge is 2.14. The molecule has 0 unspecified atom stereocenters. The van der Waals surface area contributed by atoms with Crippen LogP contribution < -0.4 is 0 Å². The van der Waals surface area contributed by atoms with Gasteiger partial charge in [-0.3, -0.25) is 4.98 Å². The van der Waals surface area contributed by atoms with Crippen molar-refractivity contribution in [2.45, 2.75) is 0 Å². The van der Waals surface area contributed by atoms with Crippen LogP contribution in [0.4, 0.5) is 0 Å². The maximum absolute atomic E-state index is 4.82. The van der Waals surface area contributed by atoms with Gasteiger partial charge in [-0.1, -0.05) is 84.9 Å². The van der Waals surface area contributed by atoms with E-state index in [0.717, 1.165) is 33.8 Å². The molecule has 8 aromatic rings. The molecule has 6 nitrogen and oxygen atoms in total. The third-order valence-corrected chi connectivity index (χ3v) is 7.61. The lowest BCUT2D eigenvalue weighted by Gasteiger charge is -2.10. The minimum atomic E-state index is 0.530. The third-order valence-electron chi connectivity index (χ3n) is 7.61. The van der Waals surface area contributed by atoms with Gasteiger partial charge < -0.3 is 4.57 Å². The maximum Gasteiger partial charge on any atom is 0.178 e. The van der Waals surface area contributed by atoms with Crippen LogP contribution in [-0.2, 0) is 0 Å². The normalized spacial score (nSPS) is 11.3. The Labute approximate surface area is 248 Å². The molecule has 0 N–H and O–H groups in total. The number of benzene rings is 4. The van der Waals surface area contributed by atoms with Crippen molar-refractivity contribution in [3.05, 3.63) is 146 Å². The topological polar surface area (TPSA) is 69.4 Å². The first-order valence-electron chi connectivity index (χ1n) is 14.1. The number of hydrogen-bond acceptors (Lipinski definition) is 5. The van der Waals surface area contributed by atoms with Crippen molar-refractivity contribution < 1.29 is 0 Å². The summed E-state index contributed by atoms with van der Waals surface area (Å²) in [5.74, 6) is 1.13. The van der Waals surface area contributed by atoms with Gasteiger partial charge in [0.2, 0.25) is 0 Å². The predicted molar refractivity (Wildman–Crippen MR) is 171 cm³/mol. The number of fused-ring (bicyclic) bond motifs is 3. The third kappa shape index (κ3) is 4.51. The van der Waals surface area contributed by atoms with Crippen molar-refractivity contribution >= 4 is 21.8 Å².